The molecule has 0 aliphatic carbocycles. The number of aromatic nitrogens is 4. The summed E-state index contributed by atoms with van der Waals surface area (Å²) < 4.78 is 6.70. The second-order valence-corrected chi connectivity index (χ2v) is 6.02. The van der Waals surface area contributed by atoms with Gasteiger partial charge in [-0.05, 0) is 38.1 Å². The highest BCUT2D eigenvalue weighted by Gasteiger charge is 2.17. The van der Waals surface area contributed by atoms with Gasteiger partial charge in [0.05, 0.1) is 6.10 Å². The fourth-order valence-corrected chi connectivity index (χ4v) is 2.38. The van der Waals surface area contributed by atoms with Crippen molar-refractivity contribution in [3.8, 4) is 0 Å². The van der Waals surface area contributed by atoms with Crippen LogP contribution in [0, 0.1) is 0 Å². The van der Waals surface area contributed by atoms with Gasteiger partial charge in [-0.1, -0.05) is 11.6 Å². The molecule has 1 amide bonds. The van der Waals surface area contributed by atoms with Crippen LogP contribution in [-0.4, -0.2) is 38.8 Å². The first-order chi connectivity index (χ1) is 12.0. The number of hydrogen-bond acceptors (Lipinski definition) is 6. The number of benzene rings is 1. The summed E-state index contributed by atoms with van der Waals surface area (Å²) in [5, 5.41) is 11.4. The summed E-state index contributed by atoms with van der Waals surface area (Å²) in [4.78, 5) is 18.0. The van der Waals surface area contributed by atoms with Gasteiger partial charge < -0.3 is 9.64 Å². The monoisotopic (exact) mass is 360 g/mol. The molecule has 0 saturated carbocycles. The molecular weight excluding hydrogens is 344 g/mol. The molecule has 0 aliphatic heterocycles. The van der Waals surface area contributed by atoms with E-state index in [2.05, 4.69) is 20.5 Å². The molecule has 130 valence electrons. The van der Waals surface area contributed by atoms with E-state index in [0.717, 1.165) is 5.69 Å². The van der Waals surface area contributed by atoms with Crippen LogP contribution in [0.4, 0.5) is 22.2 Å². The Bertz CT molecular complexity index is 893. The standard InChI is InChI=1S/C16H17ClN6O2/c1-10(2)25-16(24)19-15-21-20-14-13(18-8-9-23(14)15)22(3)12-6-4-11(17)5-7-12/h4-10H,1-3H3,(H,19,21,24). The van der Waals surface area contributed by atoms with E-state index < -0.39 is 6.09 Å². The molecule has 25 heavy (non-hydrogen) atoms. The average Bonchev–Trinajstić information content (AvgIpc) is 2.97. The fourth-order valence-electron chi connectivity index (χ4n) is 2.26. The highest BCUT2D eigenvalue weighted by Crippen LogP contribution is 2.26. The van der Waals surface area contributed by atoms with E-state index in [1.807, 2.05) is 24.1 Å². The van der Waals surface area contributed by atoms with Crippen molar-refractivity contribution in [1.82, 2.24) is 19.6 Å². The minimum absolute atomic E-state index is 0.229. The Morgan fingerprint density at radius 3 is 2.68 bits per heavy atom. The molecule has 3 rings (SSSR count). The zero-order valence-corrected chi connectivity index (χ0v) is 14.7. The molecule has 8 nitrogen and oxygen atoms in total. The number of nitrogens with zero attached hydrogens (tertiary/aromatic N) is 5. The normalized spacial score (nSPS) is 10.9. The molecule has 0 saturated heterocycles. The number of ether oxygens (including phenoxy) is 1. The molecule has 0 aliphatic rings. The first kappa shape index (κ1) is 17.0. The summed E-state index contributed by atoms with van der Waals surface area (Å²) in [6.07, 6.45) is 2.46. The van der Waals surface area contributed by atoms with Crippen LogP contribution in [0.15, 0.2) is 36.7 Å². The average molecular weight is 361 g/mol. The van der Waals surface area contributed by atoms with Gasteiger partial charge >= 0.3 is 6.09 Å². The summed E-state index contributed by atoms with van der Waals surface area (Å²) in [5.41, 5.74) is 1.39. The zero-order chi connectivity index (χ0) is 18.0. The van der Waals surface area contributed by atoms with Crippen LogP contribution in [-0.2, 0) is 4.74 Å². The topological polar surface area (TPSA) is 84.6 Å². The number of rotatable bonds is 4. The van der Waals surface area contributed by atoms with Crippen LogP contribution in [0.1, 0.15) is 13.8 Å². The maximum atomic E-state index is 11.8. The highest BCUT2D eigenvalue weighted by molar-refractivity contribution is 6.30. The molecule has 3 aromatic rings. The van der Waals surface area contributed by atoms with Gasteiger partial charge in [-0.15, -0.1) is 10.2 Å². The molecule has 0 atom stereocenters. The Morgan fingerprint density at radius 1 is 1.28 bits per heavy atom. The van der Waals surface area contributed by atoms with Gasteiger partial charge in [0.25, 0.3) is 0 Å². The molecule has 9 heteroatoms. The minimum atomic E-state index is -0.589. The van der Waals surface area contributed by atoms with Crippen molar-refractivity contribution < 1.29 is 9.53 Å². The number of fused-ring (bicyclic) bond motifs is 1. The predicted molar refractivity (Wildman–Crippen MR) is 95.5 cm³/mol. The number of hydrogen-bond donors (Lipinski definition) is 1. The Labute approximate surface area is 149 Å². The third-order valence-electron chi connectivity index (χ3n) is 3.40. The molecule has 2 aromatic heterocycles. The van der Waals surface area contributed by atoms with Crippen molar-refractivity contribution in [3.05, 3.63) is 41.7 Å². The molecule has 0 unspecified atom stereocenters. The van der Waals surface area contributed by atoms with E-state index in [-0.39, 0.29) is 12.1 Å². The fraction of sp³-hybridized carbons (Fsp3) is 0.250. The molecule has 2 heterocycles. The smallest absolute Gasteiger partial charge is 0.414 e. The van der Waals surface area contributed by atoms with Crippen molar-refractivity contribution >= 4 is 40.8 Å². The van der Waals surface area contributed by atoms with Gasteiger partial charge in [-0.25, -0.2) is 9.78 Å². The Hall–Kier alpha value is -2.87. The van der Waals surface area contributed by atoms with E-state index in [1.165, 1.54) is 0 Å². The van der Waals surface area contributed by atoms with E-state index in [0.29, 0.717) is 16.5 Å². The number of anilines is 3. The Kier molecular flexibility index (Phi) is 4.71. The van der Waals surface area contributed by atoms with Crippen LogP contribution < -0.4 is 10.2 Å². The Morgan fingerprint density at radius 2 is 2.00 bits per heavy atom. The highest BCUT2D eigenvalue weighted by atomic mass is 35.5. The molecule has 0 fully saturated rings. The van der Waals surface area contributed by atoms with E-state index >= 15 is 0 Å². The van der Waals surface area contributed by atoms with Crippen LogP contribution in [0.5, 0.6) is 0 Å². The quantitative estimate of drug-likeness (QED) is 0.766. The lowest BCUT2D eigenvalue weighted by molar-refractivity contribution is 0.129. The van der Waals surface area contributed by atoms with Crippen LogP contribution >= 0.6 is 11.6 Å². The third-order valence-corrected chi connectivity index (χ3v) is 3.65. The van der Waals surface area contributed by atoms with Crippen LogP contribution in [0.25, 0.3) is 5.65 Å². The van der Waals surface area contributed by atoms with Crippen LogP contribution in [0.3, 0.4) is 0 Å². The Balaban J connectivity index is 1.93. The summed E-state index contributed by atoms with van der Waals surface area (Å²) in [6, 6.07) is 7.35. The maximum absolute atomic E-state index is 11.8. The lowest BCUT2D eigenvalue weighted by Gasteiger charge is -2.18. The van der Waals surface area contributed by atoms with Gasteiger partial charge in [0.15, 0.2) is 5.82 Å². The number of carbonyl (C=O) groups is 1. The molecular formula is C16H17ClN6O2. The number of nitrogens with one attached hydrogen (secondary N) is 1. The molecule has 0 spiro atoms. The number of amides is 1. The van der Waals surface area contributed by atoms with Gasteiger partial charge in [0.1, 0.15) is 0 Å². The second kappa shape index (κ2) is 6.94. The van der Waals surface area contributed by atoms with Gasteiger partial charge in [-0.2, -0.15) is 0 Å². The lowest BCUT2D eigenvalue weighted by Crippen LogP contribution is -2.19. The second-order valence-electron chi connectivity index (χ2n) is 5.58. The van der Waals surface area contributed by atoms with E-state index in [1.54, 1.807) is 42.8 Å². The summed E-state index contributed by atoms with van der Waals surface area (Å²) >= 11 is 5.93. The summed E-state index contributed by atoms with van der Waals surface area (Å²) in [6.45, 7) is 3.54. The minimum Gasteiger partial charge on any atom is -0.447 e. The SMILES string of the molecule is CC(C)OC(=O)Nc1nnc2c(N(C)c3ccc(Cl)cc3)nccn12. The number of carbonyl (C=O) groups excluding carboxylic acids is 1. The predicted octanol–water partition coefficient (Wildman–Crippen LogP) is 3.50. The van der Waals surface area contributed by atoms with Crippen molar-refractivity contribution in [3.63, 3.8) is 0 Å². The van der Waals surface area contributed by atoms with Crippen LogP contribution in [0.2, 0.25) is 5.02 Å². The molecule has 1 aromatic carbocycles. The number of halogens is 1. The molecule has 0 bridgehead atoms. The molecule has 0 radical (unpaired) electrons. The van der Waals surface area contributed by atoms with Crippen molar-refractivity contribution in [2.45, 2.75) is 20.0 Å². The largest absolute Gasteiger partial charge is 0.447 e. The molecule has 1 N–H and O–H groups in total. The lowest BCUT2D eigenvalue weighted by atomic mass is 10.3. The van der Waals surface area contributed by atoms with E-state index in [9.17, 15) is 4.79 Å². The first-order valence-corrected chi connectivity index (χ1v) is 8.00. The zero-order valence-electron chi connectivity index (χ0n) is 14.0. The first-order valence-electron chi connectivity index (χ1n) is 7.62. The van der Waals surface area contributed by atoms with E-state index in [4.69, 9.17) is 16.3 Å². The van der Waals surface area contributed by atoms with Crippen molar-refractivity contribution in [2.75, 3.05) is 17.3 Å². The third kappa shape index (κ3) is 3.63. The summed E-state index contributed by atoms with van der Waals surface area (Å²) in [5.74, 6) is 0.844. The van der Waals surface area contributed by atoms with Crippen molar-refractivity contribution in [2.24, 2.45) is 0 Å². The van der Waals surface area contributed by atoms with Gasteiger partial charge in [0.2, 0.25) is 11.6 Å². The van der Waals surface area contributed by atoms with Crippen molar-refractivity contribution in [1.29, 1.82) is 0 Å². The van der Waals surface area contributed by atoms with Gasteiger partial charge in [0, 0.05) is 30.2 Å². The van der Waals surface area contributed by atoms with Gasteiger partial charge in [-0.3, -0.25) is 9.72 Å². The maximum Gasteiger partial charge on any atom is 0.414 e. The summed E-state index contributed by atoms with van der Waals surface area (Å²) in [7, 11) is 1.86.